The molecule has 0 unspecified atom stereocenters. The molecule has 0 bridgehead atoms. The zero-order valence-corrected chi connectivity index (χ0v) is 16.9. The number of thiophene rings is 1. The van der Waals surface area contributed by atoms with Crippen LogP contribution in [0.15, 0.2) is 30.9 Å². The molecule has 4 heterocycles. The van der Waals surface area contributed by atoms with Crippen molar-refractivity contribution in [1.82, 2.24) is 19.9 Å². The number of nitrogens with one attached hydrogen (secondary N) is 1. The fourth-order valence-corrected chi connectivity index (χ4v) is 5.29. The van der Waals surface area contributed by atoms with E-state index in [9.17, 15) is 0 Å². The van der Waals surface area contributed by atoms with Crippen LogP contribution in [-0.4, -0.2) is 19.9 Å². The molecular formula is C22H23N5S. The Morgan fingerprint density at radius 2 is 2.11 bits per heavy atom. The summed E-state index contributed by atoms with van der Waals surface area (Å²) in [5, 5.41) is 4.74. The Morgan fingerprint density at radius 1 is 1.18 bits per heavy atom. The highest BCUT2D eigenvalue weighted by Gasteiger charge is 2.24. The number of aryl methyl sites for hydroxylation is 2. The van der Waals surface area contributed by atoms with Gasteiger partial charge in [0.15, 0.2) is 0 Å². The first-order valence-corrected chi connectivity index (χ1v) is 10.9. The second kappa shape index (κ2) is 7.43. The Morgan fingerprint density at radius 3 is 2.96 bits per heavy atom. The molecule has 0 amide bonds. The maximum atomic E-state index is 5.09. The second-order valence-corrected chi connectivity index (χ2v) is 8.37. The maximum Gasteiger partial charge on any atom is 0.147 e. The monoisotopic (exact) mass is 389 g/mol. The molecule has 4 aromatic heterocycles. The molecule has 6 heteroatoms. The molecule has 0 aliphatic heterocycles. The zero-order chi connectivity index (χ0) is 18.9. The highest BCUT2D eigenvalue weighted by molar-refractivity contribution is 7.26. The van der Waals surface area contributed by atoms with Crippen LogP contribution >= 0.6 is 11.3 Å². The van der Waals surface area contributed by atoms with E-state index in [0.29, 0.717) is 6.54 Å². The second-order valence-electron chi connectivity index (χ2n) is 7.37. The van der Waals surface area contributed by atoms with Gasteiger partial charge >= 0.3 is 0 Å². The summed E-state index contributed by atoms with van der Waals surface area (Å²) in [6.07, 6.45) is 12.4. The molecule has 1 aliphatic rings. The highest BCUT2D eigenvalue weighted by Crippen LogP contribution is 2.41. The van der Waals surface area contributed by atoms with Gasteiger partial charge in [0, 0.05) is 30.0 Å². The summed E-state index contributed by atoms with van der Waals surface area (Å²) in [6.45, 7) is 2.94. The molecule has 0 saturated heterocycles. The predicted octanol–water partition coefficient (Wildman–Crippen LogP) is 5.08. The summed E-state index contributed by atoms with van der Waals surface area (Å²) in [5.74, 6) is 0.888. The topological polar surface area (TPSA) is 63.6 Å². The standard InChI is InChI=1S/C22H23N5S/c1-2-3-9-17-15-7-4-8-16(15)18-19-20(28-22(18)27-17)21(26-13-25-19)24-12-14-6-5-10-23-11-14/h5-6,10-11,13H,2-4,7-9,12H2,1H3,(H,24,25,26). The molecule has 0 saturated carbocycles. The van der Waals surface area contributed by atoms with Crippen LogP contribution in [0.3, 0.4) is 0 Å². The van der Waals surface area contributed by atoms with Crippen molar-refractivity contribution in [3.63, 3.8) is 0 Å². The largest absolute Gasteiger partial charge is 0.365 e. The van der Waals surface area contributed by atoms with Gasteiger partial charge in [-0.15, -0.1) is 11.3 Å². The van der Waals surface area contributed by atoms with Gasteiger partial charge in [-0.2, -0.15) is 0 Å². The van der Waals surface area contributed by atoms with Crippen molar-refractivity contribution in [2.45, 2.75) is 52.0 Å². The number of unbranched alkanes of at least 4 members (excludes halogenated alkanes) is 1. The Hall–Kier alpha value is -2.60. The number of fused-ring (bicyclic) bond motifs is 5. The minimum Gasteiger partial charge on any atom is -0.365 e. The van der Waals surface area contributed by atoms with Gasteiger partial charge in [-0.1, -0.05) is 19.4 Å². The number of nitrogens with zero attached hydrogens (tertiary/aromatic N) is 4. The van der Waals surface area contributed by atoms with Crippen molar-refractivity contribution in [1.29, 1.82) is 0 Å². The van der Waals surface area contributed by atoms with Crippen molar-refractivity contribution in [2.24, 2.45) is 0 Å². The molecule has 1 N–H and O–H groups in total. The lowest BCUT2D eigenvalue weighted by molar-refractivity contribution is 0.770. The van der Waals surface area contributed by atoms with Crippen LogP contribution in [-0.2, 0) is 25.8 Å². The van der Waals surface area contributed by atoms with E-state index in [4.69, 9.17) is 4.98 Å². The fraction of sp³-hybridized carbons (Fsp3) is 0.364. The minimum absolute atomic E-state index is 0.696. The molecule has 0 spiro atoms. The Balaban J connectivity index is 1.60. The smallest absolute Gasteiger partial charge is 0.147 e. The van der Waals surface area contributed by atoms with E-state index in [1.165, 1.54) is 41.5 Å². The maximum absolute atomic E-state index is 5.09. The van der Waals surface area contributed by atoms with Gasteiger partial charge in [0.2, 0.25) is 0 Å². The summed E-state index contributed by atoms with van der Waals surface area (Å²) in [6, 6.07) is 4.02. The Labute approximate surface area is 168 Å². The van der Waals surface area contributed by atoms with E-state index >= 15 is 0 Å². The third-order valence-electron chi connectivity index (χ3n) is 5.51. The van der Waals surface area contributed by atoms with Crippen LogP contribution in [0.1, 0.15) is 48.6 Å². The molecule has 4 aromatic rings. The van der Waals surface area contributed by atoms with Crippen LogP contribution in [0.2, 0.25) is 0 Å². The van der Waals surface area contributed by atoms with Crippen LogP contribution < -0.4 is 5.32 Å². The first-order chi connectivity index (χ1) is 13.8. The van der Waals surface area contributed by atoms with Gasteiger partial charge in [0.25, 0.3) is 0 Å². The Kier molecular flexibility index (Phi) is 4.64. The summed E-state index contributed by atoms with van der Waals surface area (Å²) < 4.78 is 1.11. The van der Waals surface area contributed by atoms with Crippen molar-refractivity contribution in [3.8, 4) is 0 Å². The lowest BCUT2D eigenvalue weighted by Gasteiger charge is -2.08. The molecular weight excluding hydrogens is 366 g/mol. The van der Waals surface area contributed by atoms with E-state index in [1.807, 2.05) is 12.3 Å². The molecule has 0 radical (unpaired) electrons. The molecule has 0 fully saturated rings. The predicted molar refractivity (Wildman–Crippen MR) is 115 cm³/mol. The molecule has 0 aromatic carbocycles. The highest BCUT2D eigenvalue weighted by atomic mass is 32.1. The molecule has 142 valence electrons. The van der Waals surface area contributed by atoms with Crippen molar-refractivity contribution >= 4 is 37.6 Å². The summed E-state index contributed by atoms with van der Waals surface area (Å²) in [7, 11) is 0. The van der Waals surface area contributed by atoms with E-state index in [2.05, 4.69) is 33.3 Å². The van der Waals surface area contributed by atoms with Gasteiger partial charge in [-0.3, -0.25) is 4.98 Å². The molecule has 5 nitrogen and oxygen atoms in total. The van der Waals surface area contributed by atoms with E-state index in [1.54, 1.807) is 23.9 Å². The fourth-order valence-electron chi connectivity index (χ4n) is 4.14. The number of hydrogen-bond acceptors (Lipinski definition) is 6. The first-order valence-electron chi connectivity index (χ1n) is 10.1. The van der Waals surface area contributed by atoms with E-state index in [0.717, 1.165) is 45.7 Å². The SMILES string of the molecule is CCCCc1nc2sc3c(NCc4cccnc4)ncnc3c2c2c1CCC2. The van der Waals surface area contributed by atoms with Crippen LogP contribution in [0.4, 0.5) is 5.82 Å². The van der Waals surface area contributed by atoms with Crippen LogP contribution in [0, 0.1) is 0 Å². The van der Waals surface area contributed by atoms with Gasteiger partial charge in [0.1, 0.15) is 17.0 Å². The number of aromatic nitrogens is 4. The molecule has 1 aliphatic carbocycles. The normalized spacial score (nSPS) is 13.3. The number of hydrogen-bond donors (Lipinski definition) is 1. The molecule has 28 heavy (non-hydrogen) atoms. The van der Waals surface area contributed by atoms with Crippen LogP contribution in [0.5, 0.6) is 0 Å². The average molecular weight is 390 g/mol. The Bertz CT molecular complexity index is 1140. The van der Waals surface area contributed by atoms with E-state index in [-0.39, 0.29) is 0 Å². The third-order valence-corrected chi connectivity index (χ3v) is 6.59. The lowest BCUT2D eigenvalue weighted by atomic mass is 10.0. The van der Waals surface area contributed by atoms with Crippen LogP contribution in [0.25, 0.3) is 20.4 Å². The molecule has 0 atom stereocenters. The van der Waals surface area contributed by atoms with Crippen molar-refractivity contribution in [2.75, 3.05) is 5.32 Å². The van der Waals surface area contributed by atoms with Gasteiger partial charge < -0.3 is 5.32 Å². The van der Waals surface area contributed by atoms with Gasteiger partial charge in [0.05, 0.1) is 10.2 Å². The zero-order valence-electron chi connectivity index (χ0n) is 16.0. The molecule has 5 rings (SSSR count). The minimum atomic E-state index is 0.696. The van der Waals surface area contributed by atoms with Gasteiger partial charge in [-0.25, -0.2) is 15.0 Å². The summed E-state index contributed by atoms with van der Waals surface area (Å²) >= 11 is 1.72. The number of rotatable bonds is 6. The number of pyridine rings is 2. The average Bonchev–Trinajstić information content (AvgIpc) is 3.35. The summed E-state index contributed by atoms with van der Waals surface area (Å²) in [4.78, 5) is 19.6. The first kappa shape index (κ1) is 17.5. The third kappa shape index (κ3) is 3.02. The van der Waals surface area contributed by atoms with Crippen molar-refractivity contribution in [3.05, 3.63) is 53.2 Å². The number of anilines is 1. The quantitative estimate of drug-likeness (QED) is 0.498. The summed E-state index contributed by atoms with van der Waals surface area (Å²) in [5.41, 5.74) is 6.47. The van der Waals surface area contributed by atoms with E-state index < -0.39 is 0 Å². The van der Waals surface area contributed by atoms with Crippen molar-refractivity contribution < 1.29 is 0 Å². The lowest BCUT2D eigenvalue weighted by Crippen LogP contribution is -2.02. The van der Waals surface area contributed by atoms with Gasteiger partial charge in [-0.05, 0) is 54.9 Å².